The molecule has 4 aromatic rings. The van der Waals surface area contributed by atoms with Gasteiger partial charge in [-0.1, -0.05) is 54.6 Å². The summed E-state index contributed by atoms with van der Waals surface area (Å²) in [7, 11) is 2.19. The fraction of sp³-hybridized carbons (Fsp3) is 0.217. The highest BCUT2D eigenvalue weighted by molar-refractivity contribution is 6.08. The maximum Gasteiger partial charge on any atom is 0.0491 e. The van der Waals surface area contributed by atoms with Crippen LogP contribution in [-0.4, -0.2) is 16.5 Å². The SMILES string of the molecule is CCn1c2ccccc2c2cc(CN(C)Cc3ccccc3)ccc21. The topological polar surface area (TPSA) is 8.17 Å². The van der Waals surface area contributed by atoms with Gasteiger partial charge in [0, 0.05) is 41.4 Å². The highest BCUT2D eigenvalue weighted by Gasteiger charge is 2.10. The van der Waals surface area contributed by atoms with Crippen molar-refractivity contribution < 1.29 is 0 Å². The molecule has 0 radical (unpaired) electrons. The Hall–Kier alpha value is -2.58. The Kier molecular flexibility index (Phi) is 4.29. The van der Waals surface area contributed by atoms with E-state index in [2.05, 4.69) is 96.2 Å². The van der Waals surface area contributed by atoms with Crippen LogP contribution < -0.4 is 0 Å². The van der Waals surface area contributed by atoms with E-state index in [1.807, 2.05) is 0 Å². The number of fused-ring (bicyclic) bond motifs is 3. The second-order valence-corrected chi connectivity index (χ2v) is 6.77. The Morgan fingerprint density at radius 3 is 2.20 bits per heavy atom. The van der Waals surface area contributed by atoms with Gasteiger partial charge in [0.2, 0.25) is 0 Å². The molecule has 0 bridgehead atoms. The standard InChI is InChI=1S/C23H24N2/c1-3-25-22-12-8-7-11-20(22)21-15-19(13-14-23(21)25)17-24(2)16-18-9-5-4-6-10-18/h4-15H,3,16-17H2,1-2H3. The van der Waals surface area contributed by atoms with Crippen LogP contribution in [0, 0.1) is 0 Å². The van der Waals surface area contributed by atoms with Crippen LogP contribution in [0.2, 0.25) is 0 Å². The molecule has 25 heavy (non-hydrogen) atoms. The van der Waals surface area contributed by atoms with Crippen molar-refractivity contribution >= 4 is 21.8 Å². The van der Waals surface area contributed by atoms with Gasteiger partial charge in [0.15, 0.2) is 0 Å². The Bertz CT molecular complexity index is 999. The number of hydrogen-bond donors (Lipinski definition) is 0. The molecule has 2 nitrogen and oxygen atoms in total. The van der Waals surface area contributed by atoms with E-state index < -0.39 is 0 Å². The zero-order chi connectivity index (χ0) is 17.2. The van der Waals surface area contributed by atoms with E-state index in [4.69, 9.17) is 0 Å². The molecule has 2 heteroatoms. The molecule has 1 aromatic heterocycles. The lowest BCUT2D eigenvalue weighted by molar-refractivity contribution is 0.319. The molecule has 0 spiro atoms. The smallest absolute Gasteiger partial charge is 0.0491 e. The molecule has 0 amide bonds. The minimum Gasteiger partial charge on any atom is -0.341 e. The highest BCUT2D eigenvalue weighted by atomic mass is 15.1. The van der Waals surface area contributed by atoms with Crippen molar-refractivity contribution in [1.29, 1.82) is 0 Å². The number of rotatable bonds is 5. The van der Waals surface area contributed by atoms with Crippen molar-refractivity contribution in [2.24, 2.45) is 0 Å². The maximum absolute atomic E-state index is 2.40. The Morgan fingerprint density at radius 2 is 1.40 bits per heavy atom. The summed E-state index contributed by atoms with van der Waals surface area (Å²) < 4.78 is 2.40. The van der Waals surface area contributed by atoms with Gasteiger partial charge in [-0.2, -0.15) is 0 Å². The largest absolute Gasteiger partial charge is 0.341 e. The Morgan fingerprint density at radius 1 is 0.720 bits per heavy atom. The van der Waals surface area contributed by atoms with Gasteiger partial charge < -0.3 is 4.57 Å². The van der Waals surface area contributed by atoms with Crippen LogP contribution >= 0.6 is 0 Å². The molecule has 0 saturated carbocycles. The van der Waals surface area contributed by atoms with Gasteiger partial charge in [-0.3, -0.25) is 4.90 Å². The average Bonchev–Trinajstić information content (AvgIpc) is 2.95. The predicted octanol–water partition coefficient (Wildman–Crippen LogP) is 5.45. The molecule has 0 saturated heterocycles. The zero-order valence-corrected chi connectivity index (χ0v) is 14.9. The molecule has 1 heterocycles. The Balaban J connectivity index is 1.66. The van der Waals surface area contributed by atoms with Crippen molar-refractivity contribution in [2.75, 3.05) is 7.05 Å². The lowest BCUT2D eigenvalue weighted by Gasteiger charge is -2.17. The van der Waals surface area contributed by atoms with E-state index in [9.17, 15) is 0 Å². The van der Waals surface area contributed by atoms with Crippen molar-refractivity contribution in [3.05, 3.63) is 83.9 Å². The predicted molar refractivity (Wildman–Crippen MR) is 107 cm³/mol. The summed E-state index contributed by atoms with van der Waals surface area (Å²) >= 11 is 0. The first-order valence-corrected chi connectivity index (χ1v) is 8.98. The monoisotopic (exact) mass is 328 g/mol. The molecule has 0 aliphatic heterocycles. The number of hydrogen-bond acceptors (Lipinski definition) is 1. The van der Waals surface area contributed by atoms with E-state index in [0.29, 0.717) is 0 Å². The molecule has 3 aromatic carbocycles. The van der Waals surface area contributed by atoms with Gasteiger partial charge >= 0.3 is 0 Å². The zero-order valence-electron chi connectivity index (χ0n) is 14.9. The number of aryl methyl sites for hydroxylation is 1. The Labute approximate surface area is 149 Å². The van der Waals surface area contributed by atoms with Gasteiger partial charge in [0.05, 0.1) is 0 Å². The summed E-state index contributed by atoms with van der Waals surface area (Å²) in [5.41, 5.74) is 5.38. The molecule has 126 valence electrons. The number of aromatic nitrogens is 1. The quantitative estimate of drug-likeness (QED) is 0.473. The number of nitrogens with zero attached hydrogens (tertiary/aromatic N) is 2. The first kappa shape index (κ1) is 15.9. The fourth-order valence-electron chi connectivity index (χ4n) is 3.80. The van der Waals surface area contributed by atoms with Crippen LogP contribution in [0.25, 0.3) is 21.8 Å². The van der Waals surface area contributed by atoms with Gasteiger partial charge in [0.25, 0.3) is 0 Å². The minimum atomic E-state index is 0.955. The first-order chi connectivity index (χ1) is 12.3. The molecule has 0 N–H and O–H groups in total. The third kappa shape index (κ3) is 3.06. The molecule has 0 atom stereocenters. The van der Waals surface area contributed by atoms with E-state index in [1.165, 1.54) is 32.9 Å². The first-order valence-electron chi connectivity index (χ1n) is 8.98. The van der Waals surface area contributed by atoms with E-state index in [1.54, 1.807) is 0 Å². The second-order valence-electron chi connectivity index (χ2n) is 6.77. The van der Waals surface area contributed by atoms with Gasteiger partial charge in [-0.05, 0) is 43.3 Å². The second kappa shape index (κ2) is 6.73. The van der Waals surface area contributed by atoms with Crippen LogP contribution in [0.3, 0.4) is 0 Å². The van der Waals surface area contributed by atoms with E-state index in [0.717, 1.165) is 19.6 Å². The van der Waals surface area contributed by atoms with Gasteiger partial charge in [-0.25, -0.2) is 0 Å². The third-order valence-corrected chi connectivity index (χ3v) is 4.90. The third-order valence-electron chi connectivity index (χ3n) is 4.90. The summed E-state index contributed by atoms with van der Waals surface area (Å²) in [5.74, 6) is 0. The lowest BCUT2D eigenvalue weighted by atomic mass is 10.1. The van der Waals surface area contributed by atoms with Crippen molar-refractivity contribution in [2.45, 2.75) is 26.6 Å². The van der Waals surface area contributed by atoms with Crippen LogP contribution in [-0.2, 0) is 19.6 Å². The average molecular weight is 328 g/mol. The van der Waals surface area contributed by atoms with E-state index >= 15 is 0 Å². The summed E-state index contributed by atoms with van der Waals surface area (Å²) in [6, 6.07) is 26.3. The summed E-state index contributed by atoms with van der Waals surface area (Å²) in [6.45, 7) is 5.14. The molecular weight excluding hydrogens is 304 g/mol. The highest BCUT2D eigenvalue weighted by Crippen LogP contribution is 2.30. The molecule has 0 unspecified atom stereocenters. The number of para-hydroxylation sites is 1. The van der Waals surface area contributed by atoms with Crippen molar-refractivity contribution in [1.82, 2.24) is 9.47 Å². The van der Waals surface area contributed by atoms with Crippen LogP contribution in [0.4, 0.5) is 0 Å². The van der Waals surface area contributed by atoms with E-state index in [-0.39, 0.29) is 0 Å². The summed E-state index contributed by atoms with van der Waals surface area (Å²) in [5, 5.41) is 2.72. The van der Waals surface area contributed by atoms with Gasteiger partial charge in [0.1, 0.15) is 0 Å². The molecule has 4 rings (SSSR count). The minimum absolute atomic E-state index is 0.955. The molecule has 0 aliphatic rings. The summed E-state index contributed by atoms with van der Waals surface area (Å²) in [6.07, 6.45) is 0. The maximum atomic E-state index is 2.40. The number of benzene rings is 3. The summed E-state index contributed by atoms with van der Waals surface area (Å²) in [4.78, 5) is 2.37. The van der Waals surface area contributed by atoms with Gasteiger partial charge in [-0.15, -0.1) is 0 Å². The fourth-order valence-corrected chi connectivity index (χ4v) is 3.80. The van der Waals surface area contributed by atoms with Crippen LogP contribution in [0.1, 0.15) is 18.1 Å². The molecular formula is C23H24N2. The van der Waals surface area contributed by atoms with Crippen LogP contribution in [0.15, 0.2) is 72.8 Å². The molecule has 0 aliphatic carbocycles. The van der Waals surface area contributed by atoms with Crippen molar-refractivity contribution in [3.63, 3.8) is 0 Å². The van der Waals surface area contributed by atoms with Crippen molar-refractivity contribution in [3.8, 4) is 0 Å². The molecule has 0 fully saturated rings. The van der Waals surface area contributed by atoms with Crippen LogP contribution in [0.5, 0.6) is 0 Å². The normalized spacial score (nSPS) is 11.6. The lowest BCUT2D eigenvalue weighted by Crippen LogP contribution is -2.17.